The summed E-state index contributed by atoms with van der Waals surface area (Å²) >= 11 is 0. The lowest BCUT2D eigenvalue weighted by molar-refractivity contribution is 0.208. The van der Waals surface area contributed by atoms with E-state index in [0.717, 1.165) is 42.7 Å². The number of nitrogens with one attached hydrogen (secondary N) is 1. The van der Waals surface area contributed by atoms with Crippen LogP contribution >= 0.6 is 0 Å². The van der Waals surface area contributed by atoms with Crippen LogP contribution in [0.25, 0.3) is 0 Å². The molecule has 5 nitrogen and oxygen atoms in total. The molecule has 1 heterocycles. The molecule has 0 radical (unpaired) electrons. The third-order valence-electron chi connectivity index (χ3n) is 4.39. The fraction of sp³-hybridized carbons (Fsp3) is 0.632. The van der Waals surface area contributed by atoms with E-state index in [1.807, 2.05) is 18.2 Å². The number of ether oxygens (including phenoxy) is 2. The van der Waals surface area contributed by atoms with Crippen molar-refractivity contribution in [1.29, 1.82) is 0 Å². The number of aliphatic imine (C=N–C) groups is 1. The molecule has 24 heavy (non-hydrogen) atoms. The van der Waals surface area contributed by atoms with Crippen molar-refractivity contribution in [3.05, 3.63) is 23.8 Å². The van der Waals surface area contributed by atoms with Gasteiger partial charge in [0.1, 0.15) is 0 Å². The Balaban J connectivity index is 2.19. The van der Waals surface area contributed by atoms with E-state index < -0.39 is 0 Å². The Morgan fingerprint density at radius 2 is 1.92 bits per heavy atom. The Kier molecular flexibility index (Phi) is 6.76. The molecule has 1 fully saturated rings. The highest BCUT2D eigenvalue weighted by atomic mass is 16.5. The SMILES string of the molecule is CCNC(=NCc1cccc(OC)c1OC)N1CC(C)CC(C)C1. The minimum absolute atomic E-state index is 0.571. The lowest BCUT2D eigenvalue weighted by Gasteiger charge is -2.37. The average molecular weight is 333 g/mol. The number of likely N-dealkylation sites (tertiary alicyclic amines) is 1. The lowest BCUT2D eigenvalue weighted by Crippen LogP contribution is -2.48. The predicted molar refractivity (Wildman–Crippen MR) is 98.9 cm³/mol. The van der Waals surface area contributed by atoms with E-state index in [9.17, 15) is 0 Å². The van der Waals surface area contributed by atoms with Gasteiger partial charge in [0.15, 0.2) is 17.5 Å². The number of methoxy groups -OCH3 is 2. The summed E-state index contributed by atoms with van der Waals surface area (Å²) in [4.78, 5) is 7.24. The van der Waals surface area contributed by atoms with E-state index in [4.69, 9.17) is 14.5 Å². The maximum absolute atomic E-state index is 5.51. The van der Waals surface area contributed by atoms with Gasteiger partial charge in [-0.2, -0.15) is 0 Å². The highest BCUT2D eigenvalue weighted by Gasteiger charge is 2.24. The molecule has 1 aliphatic heterocycles. The predicted octanol–water partition coefficient (Wildman–Crippen LogP) is 3.15. The zero-order valence-electron chi connectivity index (χ0n) is 15.6. The van der Waals surface area contributed by atoms with Crippen LogP contribution < -0.4 is 14.8 Å². The standard InChI is InChI=1S/C19H31N3O2/c1-6-20-19(22-12-14(2)10-15(3)13-22)21-11-16-8-7-9-17(23-4)18(16)24-5/h7-9,14-15H,6,10-13H2,1-5H3,(H,20,21). The number of piperidine rings is 1. The Morgan fingerprint density at radius 3 is 2.50 bits per heavy atom. The largest absolute Gasteiger partial charge is 0.493 e. The second-order valence-corrected chi connectivity index (χ2v) is 6.67. The fourth-order valence-electron chi connectivity index (χ4n) is 3.50. The molecule has 2 unspecified atom stereocenters. The summed E-state index contributed by atoms with van der Waals surface area (Å²) in [5.74, 6) is 3.89. The fourth-order valence-corrected chi connectivity index (χ4v) is 3.50. The van der Waals surface area contributed by atoms with Crippen LogP contribution in [0.1, 0.15) is 32.8 Å². The topological polar surface area (TPSA) is 46.1 Å². The van der Waals surface area contributed by atoms with Gasteiger partial charge in [0.05, 0.1) is 20.8 Å². The molecule has 0 bridgehead atoms. The zero-order valence-corrected chi connectivity index (χ0v) is 15.6. The van der Waals surface area contributed by atoms with Crippen molar-refractivity contribution in [2.45, 2.75) is 33.7 Å². The van der Waals surface area contributed by atoms with Gasteiger partial charge in [-0.1, -0.05) is 26.0 Å². The highest BCUT2D eigenvalue weighted by molar-refractivity contribution is 5.80. The number of hydrogen-bond donors (Lipinski definition) is 1. The molecule has 0 spiro atoms. The van der Waals surface area contributed by atoms with Gasteiger partial charge in [0, 0.05) is 25.2 Å². The van der Waals surface area contributed by atoms with Crippen molar-refractivity contribution in [3.63, 3.8) is 0 Å². The molecular weight excluding hydrogens is 302 g/mol. The minimum Gasteiger partial charge on any atom is -0.493 e. The Hall–Kier alpha value is -1.91. The van der Waals surface area contributed by atoms with Crippen LogP contribution in [0.15, 0.2) is 23.2 Å². The van der Waals surface area contributed by atoms with Crippen LogP contribution in [-0.2, 0) is 6.54 Å². The van der Waals surface area contributed by atoms with Gasteiger partial charge in [-0.05, 0) is 31.2 Å². The molecule has 0 amide bonds. The molecule has 1 saturated heterocycles. The Bertz CT molecular complexity index is 550. The van der Waals surface area contributed by atoms with Gasteiger partial charge in [0.2, 0.25) is 0 Å². The van der Waals surface area contributed by atoms with Crippen LogP contribution in [0, 0.1) is 11.8 Å². The summed E-state index contributed by atoms with van der Waals surface area (Å²) in [5.41, 5.74) is 1.03. The number of nitrogens with zero attached hydrogens (tertiary/aromatic N) is 2. The van der Waals surface area contributed by atoms with Crippen LogP contribution in [0.2, 0.25) is 0 Å². The molecule has 1 aromatic rings. The maximum atomic E-state index is 5.51. The lowest BCUT2D eigenvalue weighted by atomic mass is 9.92. The maximum Gasteiger partial charge on any atom is 0.194 e. The molecule has 0 saturated carbocycles. The third kappa shape index (κ3) is 4.56. The van der Waals surface area contributed by atoms with Crippen molar-refractivity contribution in [1.82, 2.24) is 10.2 Å². The molecule has 0 aliphatic carbocycles. The van der Waals surface area contributed by atoms with Crippen molar-refractivity contribution in [3.8, 4) is 11.5 Å². The molecule has 1 N–H and O–H groups in total. The van der Waals surface area contributed by atoms with Crippen LogP contribution in [0.5, 0.6) is 11.5 Å². The number of rotatable bonds is 5. The van der Waals surface area contributed by atoms with E-state index >= 15 is 0 Å². The van der Waals surface area contributed by atoms with Gasteiger partial charge in [-0.15, -0.1) is 0 Å². The second-order valence-electron chi connectivity index (χ2n) is 6.67. The van der Waals surface area contributed by atoms with E-state index in [0.29, 0.717) is 18.4 Å². The summed E-state index contributed by atoms with van der Waals surface area (Å²) in [6.07, 6.45) is 1.29. The normalized spacial score (nSPS) is 21.5. The van der Waals surface area contributed by atoms with E-state index in [1.54, 1.807) is 14.2 Å². The quantitative estimate of drug-likeness (QED) is 0.664. The monoisotopic (exact) mass is 333 g/mol. The third-order valence-corrected chi connectivity index (χ3v) is 4.39. The minimum atomic E-state index is 0.571. The molecular formula is C19H31N3O2. The first kappa shape index (κ1) is 18.4. The van der Waals surface area contributed by atoms with Gasteiger partial charge in [-0.3, -0.25) is 0 Å². The molecule has 2 rings (SSSR count). The summed E-state index contributed by atoms with van der Waals surface area (Å²) < 4.78 is 10.9. The smallest absolute Gasteiger partial charge is 0.194 e. The summed E-state index contributed by atoms with van der Waals surface area (Å²) in [7, 11) is 3.33. The zero-order chi connectivity index (χ0) is 17.5. The Labute approximate surface area is 146 Å². The van der Waals surface area contributed by atoms with Crippen LogP contribution in [0.3, 0.4) is 0 Å². The summed E-state index contributed by atoms with van der Waals surface area (Å²) in [6.45, 7) is 10.3. The number of guanidine groups is 1. The van der Waals surface area contributed by atoms with Crippen LogP contribution in [-0.4, -0.2) is 44.7 Å². The van der Waals surface area contributed by atoms with E-state index in [-0.39, 0.29) is 0 Å². The molecule has 134 valence electrons. The molecule has 2 atom stereocenters. The van der Waals surface area contributed by atoms with Crippen molar-refractivity contribution >= 4 is 5.96 Å². The first-order chi connectivity index (χ1) is 11.6. The van der Waals surface area contributed by atoms with E-state index in [2.05, 4.69) is 31.0 Å². The molecule has 1 aromatic carbocycles. The average Bonchev–Trinajstić information content (AvgIpc) is 2.57. The summed E-state index contributed by atoms with van der Waals surface area (Å²) in [5, 5.41) is 3.43. The van der Waals surface area contributed by atoms with Gasteiger partial charge >= 0.3 is 0 Å². The van der Waals surface area contributed by atoms with Crippen molar-refractivity contribution < 1.29 is 9.47 Å². The van der Waals surface area contributed by atoms with Gasteiger partial charge in [0.25, 0.3) is 0 Å². The Morgan fingerprint density at radius 1 is 1.21 bits per heavy atom. The molecule has 5 heteroatoms. The summed E-state index contributed by atoms with van der Waals surface area (Å²) in [6, 6.07) is 5.92. The number of hydrogen-bond acceptors (Lipinski definition) is 3. The van der Waals surface area contributed by atoms with Crippen molar-refractivity contribution in [2.75, 3.05) is 33.9 Å². The van der Waals surface area contributed by atoms with E-state index in [1.165, 1.54) is 6.42 Å². The first-order valence-corrected chi connectivity index (χ1v) is 8.82. The first-order valence-electron chi connectivity index (χ1n) is 8.82. The molecule has 1 aliphatic rings. The second kappa shape index (κ2) is 8.81. The highest BCUT2D eigenvalue weighted by Crippen LogP contribution is 2.31. The molecule has 0 aromatic heterocycles. The van der Waals surface area contributed by atoms with Crippen LogP contribution in [0.4, 0.5) is 0 Å². The van der Waals surface area contributed by atoms with Gasteiger partial charge in [-0.25, -0.2) is 4.99 Å². The van der Waals surface area contributed by atoms with Crippen molar-refractivity contribution in [2.24, 2.45) is 16.8 Å². The number of benzene rings is 1. The van der Waals surface area contributed by atoms with Gasteiger partial charge < -0.3 is 19.7 Å². The number of para-hydroxylation sites is 1.